The predicted octanol–water partition coefficient (Wildman–Crippen LogP) is 2.87. The number of benzene rings is 2. The predicted molar refractivity (Wildman–Crippen MR) is 73.3 cm³/mol. The zero-order chi connectivity index (χ0) is 10.7. The average Bonchev–Trinajstić information content (AvgIpc) is 2.24. The second-order valence-electron chi connectivity index (χ2n) is 3.08. The fourth-order valence-corrected chi connectivity index (χ4v) is 3.49. The standard InChI is InChI=1S/C12H8Br2Si/c13-9-5-1-3-7-11(9)15-12-8-4-2-6-10(12)14/h1-8H. The first-order chi connectivity index (χ1) is 7.27. The maximum Gasteiger partial charge on any atom is 0.124 e. The molecule has 0 aliphatic carbocycles. The average molecular weight is 340 g/mol. The van der Waals surface area contributed by atoms with E-state index in [-0.39, 0.29) is 0 Å². The Morgan fingerprint density at radius 2 is 1.07 bits per heavy atom. The largest absolute Gasteiger partial charge is 0.124 e. The lowest BCUT2D eigenvalue weighted by Crippen LogP contribution is -2.28. The van der Waals surface area contributed by atoms with E-state index in [0.29, 0.717) is 9.52 Å². The van der Waals surface area contributed by atoms with Crippen molar-refractivity contribution in [3.8, 4) is 0 Å². The number of hydrogen-bond acceptors (Lipinski definition) is 0. The van der Waals surface area contributed by atoms with Crippen molar-refractivity contribution in [2.45, 2.75) is 0 Å². The Morgan fingerprint density at radius 1 is 0.667 bits per heavy atom. The third-order valence-corrected chi connectivity index (χ3v) is 5.54. The Balaban J connectivity index is 2.30. The molecule has 2 radical (unpaired) electrons. The molecule has 0 N–H and O–H groups in total. The quantitative estimate of drug-likeness (QED) is 0.738. The van der Waals surface area contributed by atoms with Gasteiger partial charge in [0.1, 0.15) is 9.52 Å². The molecule has 0 aliphatic heterocycles. The highest BCUT2D eigenvalue weighted by Crippen LogP contribution is 2.07. The van der Waals surface area contributed by atoms with E-state index in [1.54, 1.807) is 0 Å². The summed E-state index contributed by atoms with van der Waals surface area (Å²) in [5.74, 6) is 0. The summed E-state index contributed by atoms with van der Waals surface area (Å²) in [5.41, 5.74) is 0. The molecular formula is C12H8Br2Si. The summed E-state index contributed by atoms with van der Waals surface area (Å²) in [6.45, 7) is 0. The lowest BCUT2D eigenvalue weighted by molar-refractivity contribution is 1.69. The lowest BCUT2D eigenvalue weighted by Gasteiger charge is -2.04. The molecule has 0 spiro atoms. The van der Waals surface area contributed by atoms with Crippen LogP contribution < -0.4 is 10.4 Å². The fourth-order valence-electron chi connectivity index (χ4n) is 1.27. The first-order valence-electron chi connectivity index (χ1n) is 4.53. The van der Waals surface area contributed by atoms with Gasteiger partial charge in [-0.2, -0.15) is 0 Å². The minimum absolute atomic E-state index is 0.681. The van der Waals surface area contributed by atoms with Crippen LogP contribution in [0.25, 0.3) is 0 Å². The zero-order valence-electron chi connectivity index (χ0n) is 7.87. The van der Waals surface area contributed by atoms with Crippen LogP contribution in [-0.2, 0) is 0 Å². The molecule has 0 saturated carbocycles. The second-order valence-corrected chi connectivity index (χ2v) is 6.12. The molecule has 0 amide bonds. The molecule has 0 heterocycles. The Kier molecular flexibility index (Phi) is 3.78. The van der Waals surface area contributed by atoms with Crippen LogP contribution in [-0.4, -0.2) is 9.52 Å². The Hall–Kier alpha value is -0.383. The highest BCUT2D eigenvalue weighted by molar-refractivity contribution is 9.11. The van der Waals surface area contributed by atoms with E-state index >= 15 is 0 Å². The number of hydrogen-bond donors (Lipinski definition) is 0. The van der Waals surface area contributed by atoms with Crippen LogP contribution in [0.1, 0.15) is 0 Å². The van der Waals surface area contributed by atoms with Gasteiger partial charge in [-0.25, -0.2) is 0 Å². The molecule has 0 unspecified atom stereocenters. The van der Waals surface area contributed by atoms with Gasteiger partial charge in [0, 0.05) is 8.95 Å². The highest BCUT2D eigenvalue weighted by Gasteiger charge is 2.04. The normalized spacial score (nSPS) is 10.3. The molecule has 0 aliphatic rings. The van der Waals surface area contributed by atoms with Crippen molar-refractivity contribution in [2.24, 2.45) is 0 Å². The van der Waals surface area contributed by atoms with Crippen LogP contribution in [0.4, 0.5) is 0 Å². The van der Waals surface area contributed by atoms with E-state index in [0.717, 1.165) is 0 Å². The summed E-state index contributed by atoms with van der Waals surface area (Å²) < 4.78 is 2.36. The van der Waals surface area contributed by atoms with Crippen LogP contribution in [0.3, 0.4) is 0 Å². The fraction of sp³-hybridized carbons (Fsp3) is 0. The summed E-state index contributed by atoms with van der Waals surface area (Å²) in [6, 6.07) is 16.7. The van der Waals surface area contributed by atoms with Crippen molar-refractivity contribution in [2.75, 3.05) is 0 Å². The lowest BCUT2D eigenvalue weighted by atomic mass is 10.4. The van der Waals surface area contributed by atoms with Gasteiger partial charge >= 0.3 is 0 Å². The molecule has 0 aromatic heterocycles. The molecule has 0 nitrogen and oxygen atoms in total. The number of halogens is 2. The summed E-state index contributed by atoms with van der Waals surface area (Å²) in [5, 5.41) is 2.67. The van der Waals surface area contributed by atoms with Crippen LogP contribution in [0.15, 0.2) is 57.5 Å². The number of rotatable bonds is 2. The van der Waals surface area contributed by atoms with Gasteiger partial charge in [-0.1, -0.05) is 68.3 Å². The minimum Gasteiger partial charge on any atom is -0.0623 e. The molecule has 0 saturated heterocycles. The van der Waals surface area contributed by atoms with Crippen LogP contribution in [0.2, 0.25) is 0 Å². The van der Waals surface area contributed by atoms with E-state index in [2.05, 4.69) is 68.3 Å². The highest BCUT2D eigenvalue weighted by atomic mass is 79.9. The smallest absolute Gasteiger partial charge is 0.0623 e. The first-order valence-corrected chi connectivity index (χ1v) is 7.12. The van der Waals surface area contributed by atoms with Gasteiger partial charge in [0.15, 0.2) is 0 Å². The molecule has 2 rings (SSSR count). The summed E-state index contributed by atoms with van der Waals surface area (Å²) >= 11 is 7.14. The monoisotopic (exact) mass is 338 g/mol. The third kappa shape index (κ3) is 2.80. The van der Waals surface area contributed by atoms with E-state index in [1.165, 1.54) is 19.3 Å². The van der Waals surface area contributed by atoms with E-state index < -0.39 is 0 Å². The van der Waals surface area contributed by atoms with Crippen molar-refractivity contribution in [1.82, 2.24) is 0 Å². The SMILES string of the molecule is Brc1ccccc1[Si]c1ccccc1Br. The summed E-state index contributed by atoms with van der Waals surface area (Å²) in [7, 11) is 0.681. The van der Waals surface area contributed by atoms with Gasteiger partial charge in [0.2, 0.25) is 0 Å². The van der Waals surface area contributed by atoms with Crippen LogP contribution in [0.5, 0.6) is 0 Å². The molecular weight excluding hydrogens is 332 g/mol. The second kappa shape index (κ2) is 5.10. The third-order valence-electron chi connectivity index (χ3n) is 2.02. The molecule has 0 fully saturated rings. The topological polar surface area (TPSA) is 0 Å². The molecule has 2 aromatic rings. The Labute approximate surface area is 109 Å². The van der Waals surface area contributed by atoms with E-state index in [4.69, 9.17) is 0 Å². The van der Waals surface area contributed by atoms with Crippen LogP contribution >= 0.6 is 31.9 Å². The Bertz CT molecular complexity index is 425. The summed E-state index contributed by atoms with van der Waals surface area (Å²) in [4.78, 5) is 0. The molecule has 0 atom stereocenters. The van der Waals surface area contributed by atoms with Crippen molar-refractivity contribution < 1.29 is 0 Å². The molecule has 0 bridgehead atoms. The maximum atomic E-state index is 3.57. The van der Waals surface area contributed by atoms with Gasteiger partial charge in [0.25, 0.3) is 0 Å². The first kappa shape index (κ1) is 11.1. The molecule has 15 heavy (non-hydrogen) atoms. The van der Waals surface area contributed by atoms with Gasteiger partial charge in [0.05, 0.1) is 0 Å². The maximum absolute atomic E-state index is 3.57. The van der Waals surface area contributed by atoms with Crippen molar-refractivity contribution in [3.63, 3.8) is 0 Å². The van der Waals surface area contributed by atoms with Crippen molar-refractivity contribution in [1.29, 1.82) is 0 Å². The van der Waals surface area contributed by atoms with E-state index in [9.17, 15) is 0 Å². The van der Waals surface area contributed by atoms with Crippen LogP contribution in [0, 0.1) is 0 Å². The minimum atomic E-state index is 0.681. The summed E-state index contributed by atoms with van der Waals surface area (Å²) in [6.07, 6.45) is 0. The van der Waals surface area contributed by atoms with Gasteiger partial charge < -0.3 is 0 Å². The van der Waals surface area contributed by atoms with E-state index in [1.807, 2.05) is 12.1 Å². The van der Waals surface area contributed by atoms with Crippen molar-refractivity contribution >= 4 is 51.8 Å². The van der Waals surface area contributed by atoms with Gasteiger partial charge in [-0.15, -0.1) is 0 Å². The van der Waals surface area contributed by atoms with Gasteiger partial charge in [-0.05, 0) is 22.5 Å². The zero-order valence-corrected chi connectivity index (χ0v) is 12.0. The Morgan fingerprint density at radius 3 is 1.47 bits per heavy atom. The molecule has 74 valence electrons. The van der Waals surface area contributed by atoms with Crippen molar-refractivity contribution in [3.05, 3.63) is 57.5 Å². The van der Waals surface area contributed by atoms with Gasteiger partial charge in [-0.3, -0.25) is 0 Å². The molecule has 3 heteroatoms. The molecule has 2 aromatic carbocycles.